The van der Waals surface area contributed by atoms with Gasteiger partial charge in [-0.2, -0.15) is 8.42 Å². The van der Waals surface area contributed by atoms with Crippen molar-refractivity contribution in [3.05, 3.63) is 12.2 Å². The third kappa shape index (κ3) is 31.6. The number of nitrogens with one attached hydrogen (secondary N) is 1. The van der Waals surface area contributed by atoms with E-state index in [0.29, 0.717) is 19.3 Å². The maximum Gasteiger partial charge on any atom is 0.266 e. The van der Waals surface area contributed by atoms with Gasteiger partial charge in [0.25, 0.3) is 10.1 Å². The van der Waals surface area contributed by atoms with Gasteiger partial charge in [-0.25, -0.2) is 0 Å². The van der Waals surface area contributed by atoms with E-state index in [1.807, 2.05) is 0 Å². The van der Waals surface area contributed by atoms with E-state index in [2.05, 4.69) is 31.3 Å². The molecule has 0 fully saturated rings. The summed E-state index contributed by atoms with van der Waals surface area (Å²) in [6, 6.07) is -1.15. The molecule has 8 heteroatoms. The van der Waals surface area contributed by atoms with Crippen LogP contribution in [0.1, 0.15) is 200 Å². The Labute approximate surface area is 284 Å². The monoisotopic (exact) mass is 674 g/mol. The molecule has 7 nitrogen and oxygen atoms in total. The van der Waals surface area contributed by atoms with Gasteiger partial charge in [0.2, 0.25) is 5.91 Å². The highest BCUT2D eigenvalue weighted by Gasteiger charge is 2.28. The second-order valence-corrected chi connectivity index (χ2v) is 15.2. The number of rotatable bonds is 35. The molecule has 4 N–H and O–H groups in total. The summed E-state index contributed by atoms with van der Waals surface area (Å²) in [4.78, 5) is 12.5. The molecule has 0 spiro atoms. The number of hydrogen-bond acceptors (Lipinski definition) is 5. The minimum atomic E-state index is -4.40. The first kappa shape index (κ1) is 45.0. The van der Waals surface area contributed by atoms with Gasteiger partial charge in [0, 0.05) is 0 Å². The number of unbranched alkanes of at least 4 members (excludes halogenated alkanes) is 24. The van der Waals surface area contributed by atoms with E-state index in [4.69, 9.17) is 0 Å². The van der Waals surface area contributed by atoms with Crippen molar-refractivity contribution in [2.24, 2.45) is 0 Å². The smallest absolute Gasteiger partial charge is 0.266 e. The van der Waals surface area contributed by atoms with Crippen LogP contribution in [0.25, 0.3) is 0 Å². The summed E-state index contributed by atoms with van der Waals surface area (Å²) in [5.74, 6) is -1.47. The van der Waals surface area contributed by atoms with Crippen LogP contribution in [-0.2, 0) is 14.9 Å². The largest absolute Gasteiger partial charge is 0.391 e. The summed E-state index contributed by atoms with van der Waals surface area (Å²) in [6.07, 6.45) is 35.3. The Hall–Kier alpha value is -0.960. The molecule has 3 atom stereocenters. The molecular weight excluding hydrogens is 598 g/mol. The van der Waals surface area contributed by atoms with Gasteiger partial charge in [-0.3, -0.25) is 9.35 Å². The highest BCUT2D eigenvalue weighted by atomic mass is 32.2. The zero-order valence-electron chi connectivity index (χ0n) is 30.1. The van der Waals surface area contributed by atoms with Gasteiger partial charge in [0.1, 0.15) is 6.10 Å². The van der Waals surface area contributed by atoms with Gasteiger partial charge < -0.3 is 15.5 Å². The number of carbonyl (C=O) groups is 1. The molecule has 0 aliphatic carbocycles. The average Bonchev–Trinajstić information content (AvgIpc) is 3.01. The van der Waals surface area contributed by atoms with E-state index in [9.17, 15) is 28.0 Å². The average molecular weight is 674 g/mol. The van der Waals surface area contributed by atoms with Crippen molar-refractivity contribution in [2.75, 3.05) is 5.75 Å². The molecule has 0 aliphatic rings. The van der Waals surface area contributed by atoms with Crippen molar-refractivity contribution in [3.8, 4) is 0 Å². The van der Waals surface area contributed by atoms with Crippen LogP contribution in [0.2, 0.25) is 0 Å². The van der Waals surface area contributed by atoms with Crippen LogP contribution < -0.4 is 5.32 Å². The Kier molecular flexibility index (Phi) is 31.9. The fourth-order valence-corrected chi connectivity index (χ4v) is 6.79. The van der Waals surface area contributed by atoms with Crippen molar-refractivity contribution in [2.45, 2.75) is 218 Å². The minimum Gasteiger partial charge on any atom is -0.391 e. The van der Waals surface area contributed by atoms with Crippen molar-refractivity contribution in [3.63, 3.8) is 0 Å². The normalized spacial score (nSPS) is 14.1. The first-order valence-corrected chi connectivity index (χ1v) is 21.1. The first-order valence-electron chi connectivity index (χ1n) is 19.5. The molecule has 0 radical (unpaired) electrons. The summed E-state index contributed by atoms with van der Waals surface area (Å²) >= 11 is 0. The molecule has 1 amide bonds. The third-order valence-electron chi connectivity index (χ3n) is 9.08. The van der Waals surface area contributed by atoms with Crippen molar-refractivity contribution >= 4 is 16.0 Å². The molecule has 0 aromatic rings. The molecular formula is C38H75NO6S. The Morgan fingerprint density at radius 1 is 0.565 bits per heavy atom. The van der Waals surface area contributed by atoms with Crippen molar-refractivity contribution in [1.82, 2.24) is 5.32 Å². The summed E-state index contributed by atoms with van der Waals surface area (Å²) < 4.78 is 32.4. The molecule has 0 bridgehead atoms. The molecule has 0 aromatic heterocycles. The second kappa shape index (κ2) is 32.6. The lowest BCUT2D eigenvalue weighted by Crippen LogP contribution is -2.50. The van der Waals surface area contributed by atoms with E-state index in [1.54, 1.807) is 0 Å². The molecule has 3 unspecified atom stereocenters. The van der Waals surface area contributed by atoms with Crippen LogP contribution in [-0.4, -0.2) is 53.1 Å². The van der Waals surface area contributed by atoms with E-state index in [-0.39, 0.29) is 6.42 Å². The summed E-state index contributed by atoms with van der Waals surface area (Å²) in [5, 5.41) is 23.4. The second-order valence-electron chi connectivity index (χ2n) is 13.7. The number of aliphatic hydroxyl groups excluding tert-OH is 2. The predicted molar refractivity (Wildman–Crippen MR) is 195 cm³/mol. The highest BCUT2D eigenvalue weighted by Crippen LogP contribution is 2.16. The fourth-order valence-electron chi connectivity index (χ4n) is 6.03. The van der Waals surface area contributed by atoms with Gasteiger partial charge in [-0.1, -0.05) is 180 Å². The number of allylic oxidation sites excluding steroid dienone is 2. The first-order chi connectivity index (χ1) is 22.2. The number of hydrogen-bond donors (Lipinski definition) is 4. The van der Waals surface area contributed by atoms with Gasteiger partial charge in [-0.05, 0) is 32.1 Å². The zero-order chi connectivity index (χ0) is 34.1. The van der Waals surface area contributed by atoms with Crippen LogP contribution in [0, 0.1) is 0 Å². The molecule has 0 aliphatic heterocycles. The van der Waals surface area contributed by atoms with Gasteiger partial charge in [0.15, 0.2) is 0 Å². The highest BCUT2D eigenvalue weighted by molar-refractivity contribution is 7.85. The minimum absolute atomic E-state index is 0.277. The zero-order valence-corrected chi connectivity index (χ0v) is 30.9. The van der Waals surface area contributed by atoms with Crippen molar-refractivity contribution in [1.29, 1.82) is 0 Å². The van der Waals surface area contributed by atoms with E-state index < -0.39 is 40.0 Å². The van der Waals surface area contributed by atoms with Gasteiger partial charge in [0.05, 0.1) is 17.9 Å². The van der Waals surface area contributed by atoms with Gasteiger partial charge in [-0.15, -0.1) is 0 Å². The third-order valence-corrected chi connectivity index (χ3v) is 9.86. The Balaban J connectivity index is 3.92. The summed E-state index contributed by atoms with van der Waals surface area (Å²) in [6.45, 7) is 4.44. The lowest BCUT2D eigenvalue weighted by molar-refractivity contribution is -0.131. The van der Waals surface area contributed by atoms with E-state index in [0.717, 1.165) is 44.9 Å². The van der Waals surface area contributed by atoms with Crippen LogP contribution in [0.15, 0.2) is 12.2 Å². The Morgan fingerprint density at radius 3 is 1.37 bits per heavy atom. The molecule has 0 saturated carbocycles. The maximum absolute atomic E-state index is 12.5. The topological polar surface area (TPSA) is 124 Å². The lowest BCUT2D eigenvalue weighted by atomic mass is 10.0. The fraction of sp³-hybridized carbons (Fsp3) is 0.921. The van der Waals surface area contributed by atoms with Crippen molar-refractivity contribution < 1.29 is 28.0 Å². The number of amides is 1. The quantitative estimate of drug-likeness (QED) is 0.0302. The van der Waals surface area contributed by atoms with E-state index in [1.165, 1.54) is 116 Å². The van der Waals surface area contributed by atoms with Crippen LogP contribution >= 0.6 is 0 Å². The standard InChI is InChI=1S/C38H75NO6S/c1-3-5-7-9-11-13-14-15-16-17-18-19-20-21-22-23-25-26-28-30-32-36(40)35(34-46(43,44)45)39-38(42)37(41)33-31-29-27-24-12-10-8-6-4-2/h10,12,35-37,40-41H,3-9,11,13-34H2,1-2H3,(H,39,42)(H,43,44,45)/b12-10-. The Bertz CT molecular complexity index is 803. The number of aliphatic hydroxyl groups is 2. The van der Waals surface area contributed by atoms with E-state index >= 15 is 0 Å². The van der Waals surface area contributed by atoms with Crippen LogP contribution in [0.4, 0.5) is 0 Å². The molecule has 0 heterocycles. The van der Waals surface area contributed by atoms with Gasteiger partial charge >= 0.3 is 0 Å². The molecule has 0 aromatic carbocycles. The lowest BCUT2D eigenvalue weighted by Gasteiger charge is -2.24. The molecule has 0 rings (SSSR count). The SMILES string of the molecule is CCCC/C=C\CCCCCC(O)C(=O)NC(CS(=O)(=O)O)C(O)CCCCCCCCCCCCCCCCCCCCCC. The predicted octanol–water partition coefficient (Wildman–Crippen LogP) is 9.99. The summed E-state index contributed by atoms with van der Waals surface area (Å²) in [5.41, 5.74) is 0. The Morgan fingerprint density at radius 2 is 0.935 bits per heavy atom. The van der Waals surface area contributed by atoms with Crippen LogP contribution in [0.3, 0.4) is 0 Å². The number of carbonyl (C=O) groups excluding carboxylic acids is 1. The molecule has 274 valence electrons. The molecule has 46 heavy (non-hydrogen) atoms. The molecule has 0 saturated heterocycles. The van der Waals surface area contributed by atoms with Crippen LogP contribution in [0.5, 0.6) is 0 Å². The maximum atomic E-state index is 12.5. The summed E-state index contributed by atoms with van der Waals surface area (Å²) in [7, 11) is -4.40.